The van der Waals surface area contributed by atoms with E-state index in [4.69, 9.17) is 21.7 Å². The minimum Gasteiger partial charge on any atom is -0.339 e. The number of benzene rings is 3. The summed E-state index contributed by atoms with van der Waals surface area (Å²) in [6, 6.07) is 23.4. The fraction of sp³-hybridized carbons (Fsp3) is 0.444. The third-order valence-corrected chi connectivity index (χ3v) is 13.1. The van der Waals surface area contributed by atoms with Crippen molar-refractivity contribution in [2.45, 2.75) is 85.2 Å². The Morgan fingerprint density at radius 3 is 2.43 bits per heavy atom. The topological polar surface area (TPSA) is 102 Å². The van der Waals surface area contributed by atoms with Crippen LogP contribution in [0.15, 0.2) is 76.5 Å². The lowest BCUT2D eigenvalue weighted by Gasteiger charge is -2.46. The molecule has 0 radical (unpaired) electrons. The lowest BCUT2D eigenvalue weighted by Crippen LogP contribution is -2.49. The fourth-order valence-corrected chi connectivity index (χ4v) is 10.1. The number of nitrogens with two attached hydrogens (primary N) is 1. The third kappa shape index (κ3) is 6.23. The molecule has 47 heavy (non-hydrogen) atoms. The molecule has 0 spiro atoms. The average Bonchev–Trinajstić information content (AvgIpc) is 3.53. The summed E-state index contributed by atoms with van der Waals surface area (Å²) in [5.74, 6) is 0.915. The number of carbonyl (C=O) groups excluding carboxylic acids is 1. The van der Waals surface area contributed by atoms with Gasteiger partial charge in [-0.1, -0.05) is 35.9 Å². The zero-order valence-electron chi connectivity index (χ0n) is 26.9. The number of hydrogen-bond acceptors (Lipinski definition) is 6. The number of likely N-dealkylation sites (tertiary alicyclic amines) is 1. The minimum atomic E-state index is -4.05. The predicted octanol–water partition coefficient (Wildman–Crippen LogP) is 6.80. The lowest BCUT2D eigenvalue weighted by molar-refractivity contribution is 0.0606. The van der Waals surface area contributed by atoms with Gasteiger partial charge in [-0.3, -0.25) is 9.69 Å². The first-order valence-electron chi connectivity index (χ1n) is 16.5. The van der Waals surface area contributed by atoms with E-state index in [2.05, 4.69) is 71.2 Å². The van der Waals surface area contributed by atoms with Gasteiger partial charge in [-0.25, -0.2) is 18.5 Å². The van der Waals surface area contributed by atoms with Crippen molar-refractivity contribution in [1.82, 2.24) is 19.4 Å². The summed E-state index contributed by atoms with van der Waals surface area (Å²) in [5, 5.41) is 5.38. The normalized spacial score (nSPS) is 23.0. The number of fused-ring (bicyclic) bond motifs is 3. The minimum absolute atomic E-state index is 0.0156. The number of nitrogens with zero attached hydrogens (tertiary/aromatic N) is 4. The van der Waals surface area contributed by atoms with E-state index in [1.54, 1.807) is 17.8 Å². The number of sulfonamides is 1. The van der Waals surface area contributed by atoms with Gasteiger partial charge in [0.05, 0.1) is 16.1 Å². The SMILES string of the molecule is CSc1cccc(C2(CCN3[C@@H]4CC[C@H]3CC(n3c(C)nc5ccccc53)C4)CCN(C(=O)c3ccc(Cl)c(S(N)(=O)=O)c3)CC2)c1. The first-order chi connectivity index (χ1) is 22.6. The molecule has 3 aliphatic rings. The average molecular weight is 692 g/mol. The highest BCUT2D eigenvalue weighted by Gasteiger charge is 2.44. The van der Waals surface area contributed by atoms with Crippen molar-refractivity contribution < 1.29 is 13.2 Å². The number of aryl methyl sites for hydroxylation is 1. The lowest BCUT2D eigenvalue weighted by atomic mass is 9.70. The van der Waals surface area contributed by atoms with Crippen LogP contribution in [0, 0.1) is 6.92 Å². The number of amides is 1. The number of imidazole rings is 1. The van der Waals surface area contributed by atoms with Crippen molar-refractivity contribution in [3.8, 4) is 0 Å². The first-order valence-corrected chi connectivity index (χ1v) is 19.7. The quantitative estimate of drug-likeness (QED) is 0.204. The molecule has 4 aromatic rings. The van der Waals surface area contributed by atoms with Crippen LogP contribution in [0.4, 0.5) is 0 Å². The molecule has 1 aromatic heterocycles. The van der Waals surface area contributed by atoms with Crippen LogP contribution in [0.25, 0.3) is 11.0 Å². The van der Waals surface area contributed by atoms with E-state index in [0.29, 0.717) is 31.2 Å². The molecular weight excluding hydrogens is 650 g/mol. The molecule has 3 aliphatic heterocycles. The molecule has 11 heteroatoms. The second-order valence-corrected chi connectivity index (χ2v) is 16.3. The molecule has 4 heterocycles. The molecule has 0 saturated carbocycles. The number of piperidine rings is 2. The first kappa shape index (κ1) is 32.6. The van der Waals surface area contributed by atoms with Crippen LogP contribution < -0.4 is 5.14 Å². The third-order valence-electron chi connectivity index (χ3n) is 11.0. The number of halogens is 1. The molecule has 0 aliphatic carbocycles. The Kier molecular flexibility index (Phi) is 8.93. The molecule has 3 saturated heterocycles. The van der Waals surface area contributed by atoms with Crippen LogP contribution in [0.3, 0.4) is 0 Å². The zero-order chi connectivity index (χ0) is 32.9. The Morgan fingerprint density at radius 2 is 1.72 bits per heavy atom. The number of hydrogen-bond donors (Lipinski definition) is 1. The van der Waals surface area contributed by atoms with E-state index in [-0.39, 0.29) is 26.8 Å². The highest BCUT2D eigenvalue weighted by atomic mass is 35.5. The molecule has 8 nitrogen and oxygen atoms in total. The van der Waals surface area contributed by atoms with Crippen molar-refractivity contribution in [1.29, 1.82) is 0 Å². The van der Waals surface area contributed by atoms with E-state index >= 15 is 0 Å². The van der Waals surface area contributed by atoms with Crippen molar-refractivity contribution in [3.05, 3.63) is 88.7 Å². The number of carbonyl (C=O) groups is 1. The van der Waals surface area contributed by atoms with E-state index in [9.17, 15) is 13.2 Å². The van der Waals surface area contributed by atoms with Crippen molar-refractivity contribution in [2.24, 2.45) is 5.14 Å². The van der Waals surface area contributed by atoms with Gasteiger partial charge in [0.1, 0.15) is 10.7 Å². The molecular formula is C36H42ClN5O3S2. The largest absolute Gasteiger partial charge is 0.339 e. The van der Waals surface area contributed by atoms with Crippen molar-refractivity contribution in [2.75, 3.05) is 25.9 Å². The molecule has 7 rings (SSSR count). The summed E-state index contributed by atoms with van der Waals surface area (Å²) < 4.78 is 26.6. The molecule has 3 fully saturated rings. The second kappa shape index (κ2) is 12.9. The molecule has 3 atom stereocenters. The molecule has 2 bridgehead atoms. The van der Waals surface area contributed by atoms with Gasteiger partial charge in [0.2, 0.25) is 10.0 Å². The van der Waals surface area contributed by atoms with Crippen LogP contribution in [-0.4, -0.2) is 71.6 Å². The predicted molar refractivity (Wildman–Crippen MR) is 189 cm³/mol. The van der Waals surface area contributed by atoms with E-state index < -0.39 is 10.0 Å². The molecule has 1 unspecified atom stereocenters. The van der Waals surface area contributed by atoms with Gasteiger partial charge in [0, 0.05) is 41.7 Å². The highest BCUT2D eigenvalue weighted by Crippen LogP contribution is 2.45. The monoisotopic (exact) mass is 691 g/mol. The summed E-state index contributed by atoms with van der Waals surface area (Å²) in [6.07, 6.45) is 9.62. The molecule has 1 amide bonds. The van der Waals surface area contributed by atoms with Gasteiger partial charge in [-0.05, 0) is 118 Å². The number of rotatable bonds is 8. The van der Waals surface area contributed by atoms with Gasteiger partial charge in [-0.2, -0.15) is 0 Å². The Morgan fingerprint density at radius 1 is 1.00 bits per heavy atom. The number of primary sulfonamides is 1. The number of thioether (sulfide) groups is 1. The van der Waals surface area contributed by atoms with Crippen LogP contribution in [-0.2, 0) is 15.4 Å². The van der Waals surface area contributed by atoms with Gasteiger partial charge < -0.3 is 9.47 Å². The maximum absolute atomic E-state index is 13.6. The summed E-state index contributed by atoms with van der Waals surface area (Å²) in [6.45, 7) is 4.37. The van der Waals surface area contributed by atoms with Crippen LogP contribution in [0.2, 0.25) is 5.02 Å². The molecule has 248 valence electrons. The maximum atomic E-state index is 13.6. The van der Waals surface area contributed by atoms with E-state index in [1.165, 1.54) is 41.0 Å². The highest BCUT2D eigenvalue weighted by molar-refractivity contribution is 7.98. The van der Waals surface area contributed by atoms with E-state index in [1.807, 2.05) is 4.90 Å². The smallest absolute Gasteiger partial charge is 0.253 e. The summed E-state index contributed by atoms with van der Waals surface area (Å²) in [5.41, 5.74) is 3.91. The Hall–Kier alpha value is -2.89. The maximum Gasteiger partial charge on any atom is 0.253 e. The summed E-state index contributed by atoms with van der Waals surface area (Å²) >= 11 is 7.85. The standard InChI is InChI=1S/C36H42ClN5O3S2/c1-24-39-32-8-3-4-9-33(32)42(24)29-22-27-11-12-28(23-29)41(27)19-16-36(26-6-5-7-30(21-26)46-2)14-17-40(18-15-36)35(43)25-10-13-31(37)34(20-25)47(38,44)45/h3-10,13,20-21,27-29H,11-12,14-19,22-23H2,1-2H3,(H2,38,44,45)/t27-,28+,29?. The summed E-state index contributed by atoms with van der Waals surface area (Å²) in [4.78, 5) is 24.1. The van der Waals surface area contributed by atoms with Gasteiger partial charge in [0.15, 0.2) is 0 Å². The zero-order valence-corrected chi connectivity index (χ0v) is 29.3. The van der Waals surface area contributed by atoms with Crippen molar-refractivity contribution in [3.63, 3.8) is 0 Å². The Labute approximate surface area is 286 Å². The van der Waals surface area contributed by atoms with E-state index in [0.717, 1.165) is 50.0 Å². The number of para-hydroxylation sites is 2. The van der Waals surface area contributed by atoms with Crippen LogP contribution >= 0.6 is 23.4 Å². The Balaban J connectivity index is 1.09. The van der Waals surface area contributed by atoms with Crippen LogP contribution in [0.5, 0.6) is 0 Å². The Bertz CT molecular complexity index is 1910. The van der Waals surface area contributed by atoms with Crippen LogP contribution in [0.1, 0.15) is 72.7 Å². The molecule has 3 aromatic carbocycles. The van der Waals surface area contributed by atoms with Crippen molar-refractivity contribution >= 4 is 50.3 Å². The number of aromatic nitrogens is 2. The van der Waals surface area contributed by atoms with Gasteiger partial charge >= 0.3 is 0 Å². The second-order valence-electron chi connectivity index (χ2n) is 13.5. The fourth-order valence-electron chi connectivity index (χ4n) is 8.60. The summed E-state index contributed by atoms with van der Waals surface area (Å²) in [7, 11) is -4.05. The molecule has 2 N–H and O–H groups in total. The van der Waals surface area contributed by atoms with Gasteiger partial charge in [-0.15, -0.1) is 11.8 Å². The van der Waals surface area contributed by atoms with Gasteiger partial charge in [0.25, 0.3) is 5.91 Å².